The van der Waals surface area contributed by atoms with Crippen molar-refractivity contribution in [3.05, 3.63) is 0 Å². The standard InChI is InChI=1S/C13H27N/c1-11(2)5-4-7-13(10-14)8-6-12(3)9-13/h11-12H,4-10,14H2,1-3H3. The fourth-order valence-electron chi connectivity index (χ4n) is 2.90. The van der Waals surface area contributed by atoms with Crippen molar-refractivity contribution >= 4 is 0 Å². The van der Waals surface area contributed by atoms with Gasteiger partial charge in [0.05, 0.1) is 0 Å². The second-order valence-electron chi connectivity index (χ2n) is 5.84. The van der Waals surface area contributed by atoms with Gasteiger partial charge in [-0.2, -0.15) is 0 Å². The summed E-state index contributed by atoms with van der Waals surface area (Å²) in [6, 6.07) is 0. The van der Waals surface area contributed by atoms with Crippen molar-refractivity contribution in [1.82, 2.24) is 0 Å². The van der Waals surface area contributed by atoms with Crippen LogP contribution < -0.4 is 5.73 Å². The van der Waals surface area contributed by atoms with Crippen LogP contribution in [0.1, 0.15) is 59.3 Å². The monoisotopic (exact) mass is 197 g/mol. The molecule has 2 N–H and O–H groups in total. The van der Waals surface area contributed by atoms with Crippen LogP contribution in [0.5, 0.6) is 0 Å². The zero-order chi connectivity index (χ0) is 10.6. The smallest absolute Gasteiger partial charge is 0.00204 e. The Kier molecular flexibility index (Phi) is 4.43. The largest absolute Gasteiger partial charge is 0.330 e. The molecular weight excluding hydrogens is 170 g/mol. The molecule has 2 unspecified atom stereocenters. The van der Waals surface area contributed by atoms with Crippen molar-refractivity contribution < 1.29 is 0 Å². The topological polar surface area (TPSA) is 26.0 Å². The highest BCUT2D eigenvalue weighted by molar-refractivity contribution is 4.88. The van der Waals surface area contributed by atoms with Crippen molar-refractivity contribution in [3.63, 3.8) is 0 Å². The SMILES string of the molecule is CC(C)CCCC1(CN)CCC(C)C1. The van der Waals surface area contributed by atoms with E-state index in [1.165, 1.54) is 38.5 Å². The lowest BCUT2D eigenvalue weighted by Crippen LogP contribution is -2.27. The Bertz CT molecular complexity index is 165. The van der Waals surface area contributed by atoms with Crippen LogP contribution in [0.4, 0.5) is 0 Å². The van der Waals surface area contributed by atoms with Gasteiger partial charge in [0, 0.05) is 0 Å². The Labute approximate surface area is 89.5 Å². The third-order valence-corrected chi connectivity index (χ3v) is 3.87. The molecule has 0 heterocycles. The third kappa shape index (κ3) is 3.27. The molecule has 1 rings (SSSR count). The molecule has 1 fully saturated rings. The van der Waals surface area contributed by atoms with Gasteiger partial charge in [-0.1, -0.05) is 40.0 Å². The zero-order valence-corrected chi connectivity index (χ0v) is 10.2. The summed E-state index contributed by atoms with van der Waals surface area (Å²) in [6.07, 6.45) is 8.27. The van der Waals surface area contributed by atoms with E-state index < -0.39 is 0 Å². The Morgan fingerprint density at radius 3 is 2.57 bits per heavy atom. The third-order valence-electron chi connectivity index (χ3n) is 3.87. The number of rotatable bonds is 5. The van der Waals surface area contributed by atoms with Crippen molar-refractivity contribution in [2.45, 2.75) is 59.3 Å². The molecule has 1 heteroatoms. The van der Waals surface area contributed by atoms with Gasteiger partial charge in [0.2, 0.25) is 0 Å². The maximum absolute atomic E-state index is 5.95. The van der Waals surface area contributed by atoms with Crippen LogP contribution in [-0.4, -0.2) is 6.54 Å². The molecule has 84 valence electrons. The molecule has 0 spiro atoms. The quantitative estimate of drug-likeness (QED) is 0.716. The van der Waals surface area contributed by atoms with Gasteiger partial charge in [-0.05, 0) is 43.1 Å². The molecule has 1 aliphatic rings. The lowest BCUT2D eigenvalue weighted by Gasteiger charge is -2.27. The van der Waals surface area contributed by atoms with E-state index in [0.717, 1.165) is 18.4 Å². The van der Waals surface area contributed by atoms with Crippen LogP contribution in [-0.2, 0) is 0 Å². The molecule has 1 aliphatic carbocycles. The van der Waals surface area contributed by atoms with Gasteiger partial charge in [0.1, 0.15) is 0 Å². The van der Waals surface area contributed by atoms with Gasteiger partial charge in [-0.25, -0.2) is 0 Å². The zero-order valence-electron chi connectivity index (χ0n) is 10.2. The summed E-state index contributed by atoms with van der Waals surface area (Å²) < 4.78 is 0. The number of hydrogen-bond acceptors (Lipinski definition) is 1. The molecule has 0 aromatic heterocycles. The normalized spacial score (nSPS) is 32.8. The van der Waals surface area contributed by atoms with Gasteiger partial charge in [-0.15, -0.1) is 0 Å². The first-order chi connectivity index (χ1) is 6.58. The summed E-state index contributed by atoms with van der Waals surface area (Å²) in [5.41, 5.74) is 6.47. The fourth-order valence-corrected chi connectivity index (χ4v) is 2.90. The predicted molar refractivity (Wildman–Crippen MR) is 63.2 cm³/mol. The minimum Gasteiger partial charge on any atom is -0.330 e. The molecule has 0 bridgehead atoms. The summed E-state index contributed by atoms with van der Waals surface area (Å²) in [5, 5.41) is 0. The number of hydrogen-bond donors (Lipinski definition) is 1. The maximum atomic E-state index is 5.95. The lowest BCUT2D eigenvalue weighted by molar-refractivity contribution is 0.258. The van der Waals surface area contributed by atoms with Gasteiger partial charge >= 0.3 is 0 Å². The first kappa shape index (κ1) is 12.0. The van der Waals surface area contributed by atoms with Crippen LogP contribution in [0, 0.1) is 17.3 Å². The average molecular weight is 197 g/mol. The summed E-state index contributed by atoms with van der Waals surface area (Å²) in [5.74, 6) is 1.77. The van der Waals surface area contributed by atoms with Crippen molar-refractivity contribution in [1.29, 1.82) is 0 Å². The molecule has 0 aromatic rings. The highest BCUT2D eigenvalue weighted by Gasteiger charge is 2.35. The average Bonchev–Trinajstić information content (AvgIpc) is 2.48. The van der Waals surface area contributed by atoms with E-state index in [4.69, 9.17) is 5.73 Å². The summed E-state index contributed by atoms with van der Waals surface area (Å²) >= 11 is 0. The molecule has 14 heavy (non-hydrogen) atoms. The molecule has 1 nitrogen and oxygen atoms in total. The van der Waals surface area contributed by atoms with Crippen LogP contribution >= 0.6 is 0 Å². The Hall–Kier alpha value is -0.0400. The van der Waals surface area contributed by atoms with Crippen LogP contribution in [0.25, 0.3) is 0 Å². The molecule has 0 radical (unpaired) electrons. The molecule has 0 aliphatic heterocycles. The molecule has 2 atom stereocenters. The van der Waals surface area contributed by atoms with Gasteiger partial charge in [-0.3, -0.25) is 0 Å². The summed E-state index contributed by atoms with van der Waals surface area (Å²) in [7, 11) is 0. The van der Waals surface area contributed by atoms with Crippen LogP contribution in [0.2, 0.25) is 0 Å². The maximum Gasteiger partial charge on any atom is -0.00204 e. The van der Waals surface area contributed by atoms with Crippen LogP contribution in [0.3, 0.4) is 0 Å². The Balaban J connectivity index is 2.31. The first-order valence-electron chi connectivity index (χ1n) is 6.28. The predicted octanol–water partition coefficient (Wildman–Crippen LogP) is 3.58. The van der Waals surface area contributed by atoms with Crippen molar-refractivity contribution in [2.24, 2.45) is 23.0 Å². The van der Waals surface area contributed by atoms with Gasteiger partial charge in [0.15, 0.2) is 0 Å². The van der Waals surface area contributed by atoms with Crippen molar-refractivity contribution in [2.75, 3.05) is 6.54 Å². The van der Waals surface area contributed by atoms with E-state index in [1.54, 1.807) is 0 Å². The highest BCUT2D eigenvalue weighted by Crippen LogP contribution is 2.44. The van der Waals surface area contributed by atoms with E-state index in [-0.39, 0.29) is 0 Å². The molecule has 0 amide bonds. The summed E-state index contributed by atoms with van der Waals surface area (Å²) in [6.45, 7) is 7.91. The second-order valence-corrected chi connectivity index (χ2v) is 5.84. The molecule has 0 saturated heterocycles. The highest BCUT2D eigenvalue weighted by atomic mass is 14.6. The Morgan fingerprint density at radius 2 is 2.14 bits per heavy atom. The second kappa shape index (κ2) is 5.16. The van der Waals surface area contributed by atoms with E-state index >= 15 is 0 Å². The minimum atomic E-state index is 0.522. The Morgan fingerprint density at radius 1 is 1.43 bits per heavy atom. The van der Waals surface area contributed by atoms with Crippen molar-refractivity contribution in [3.8, 4) is 0 Å². The molecular formula is C13H27N. The van der Waals surface area contributed by atoms with E-state index in [2.05, 4.69) is 20.8 Å². The fraction of sp³-hybridized carbons (Fsp3) is 1.00. The molecule has 0 aromatic carbocycles. The minimum absolute atomic E-state index is 0.522. The van der Waals surface area contributed by atoms with Gasteiger partial charge < -0.3 is 5.73 Å². The van der Waals surface area contributed by atoms with Crippen LogP contribution in [0.15, 0.2) is 0 Å². The number of nitrogens with two attached hydrogens (primary N) is 1. The van der Waals surface area contributed by atoms with E-state index in [1.807, 2.05) is 0 Å². The van der Waals surface area contributed by atoms with Gasteiger partial charge in [0.25, 0.3) is 0 Å². The van der Waals surface area contributed by atoms with E-state index in [9.17, 15) is 0 Å². The summed E-state index contributed by atoms with van der Waals surface area (Å²) in [4.78, 5) is 0. The van der Waals surface area contributed by atoms with E-state index in [0.29, 0.717) is 5.41 Å². The molecule has 1 saturated carbocycles. The lowest BCUT2D eigenvalue weighted by atomic mass is 9.80. The first-order valence-corrected chi connectivity index (χ1v) is 6.28.